The third-order valence-electron chi connectivity index (χ3n) is 3.91. The molecule has 0 aromatic heterocycles. The average molecular weight is 258 g/mol. The first-order chi connectivity index (χ1) is 9.13. The lowest BCUT2D eigenvalue weighted by Gasteiger charge is -2.16. The van der Waals surface area contributed by atoms with Crippen molar-refractivity contribution in [1.29, 1.82) is 5.26 Å². The van der Waals surface area contributed by atoms with Crippen molar-refractivity contribution < 1.29 is 14.0 Å². The minimum atomic E-state index is -0.708. The summed E-state index contributed by atoms with van der Waals surface area (Å²) >= 11 is 0. The quantitative estimate of drug-likeness (QED) is 0.724. The molecule has 3 rings (SSSR count). The summed E-state index contributed by atoms with van der Waals surface area (Å²) in [6.45, 7) is 0. The van der Waals surface area contributed by atoms with Crippen LogP contribution in [0.3, 0.4) is 0 Å². The van der Waals surface area contributed by atoms with Gasteiger partial charge in [-0.15, -0.1) is 0 Å². The molecule has 5 heteroatoms. The lowest BCUT2D eigenvalue weighted by molar-refractivity contribution is -0.122. The molecule has 2 amide bonds. The topological polar surface area (TPSA) is 61.2 Å². The third kappa shape index (κ3) is 1.64. The van der Waals surface area contributed by atoms with Gasteiger partial charge in [0.1, 0.15) is 5.82 Å². The van der Waals surface area contributed by atoms with Crippen molar-refractivity contribution in [2.45, 2.75) is 19.3 Å². The third-order valence-corrected chi connectivity index (χ3v) is 3.91. The maximum atomic E-state index is 13.9. The Labute approximate surface area is 109 Å². The standard InChI is InChI=1S/C14H11FN2O2/c15-11-6-8(7-16)4-5-12(11)17-13(18)9-2-1-3-10(9)14(17)19/h4-6,9-10H,1-3H2. The number of hydrogen-bond donors (Lipinski definition) is 0. The van der Waals surface area contributed by atoms with E-state index in [1.54, 1.807) is 0 Å². The van der Waals surface area contributed by atoms with Gasteiger partial charge in [0.15, 0.2) is 0 Å². The number of amides is 2. The van der Waals surface area contributed by atoms with Crippen LogP contribution in [0, 0.1) is 29.0 Å². The Hall–Kier alpha value is -2.22. The van der Waals surface area contributed by atoms with Gasteiger partial charge >= 0.3 is 0 Å². The number of fused-ring (bicyclic) bond motifs is 1. The number of imide groups is 1. The van der Waals surface area contributed by atoms with Gasteiger partial charge in [0.2, 0.25) is 11.8 Å². The summed E-state index contributed by atoms with van der Waals surface area (Å²) < 4.78 is 13.9. The number of carbonyl (C=O) groups excluding carboxylic acids is 2. The van der Waals surface area contributed by atoms with Crippen molar-refractivity contribution in [3.05, 3.63) is 29.6 Å². The summed E-state index contributed by atoms with van der Waals surface area (Å²) in [6, 6.07) is 5.60. The smallest absolute Gasteiger partial charge is 0.237 e. The van der Waals surface area contributed by atoms with Crippen LogP contribution in [0.4, 0.5) is 10.1 Å². The van der Waals surface area contributed by atoms with Gasteiger partial charge in [0.05, 0.1) is 29.2 Å². The molecule has 0 spiro atoms. The number of nitrogens with zero attached hydrogens (tertiary/aromatic N) is 2. The molecule has 1 aromatic carbocycles. The largest absolute Gasteiger partial charge is 0.274 e. The van der Waals surface area contributed by atoms with E-state index in [4.69, 9.17) is 5.26 Å². The van der Waals surface area contributed by atoms with Crippen LogP contribution in [-0.4, -0.2) is 11.8 Å². The molecule has 96 valence electrons. The second kappa shape index (κ2) is 4.16. The maximum absolute atomic E-state index is 13.9. The number of rotatable bonds is 1. The molecule has 1 aliphatic heterocycles. The van der Waals surface area contributed by atoms with Gasteiger partial charge < -0.3 is 0 Å². The lowest BCUT2D eigenvalue weighted by Crippen LogP contribution is -2.32. The molecule has 4 nitrogen and oxygen atoms in total. The van der Waals surface area contributed by atoms with E-state index >= 15 is 0 Å². The Balaban J connectivity index is 2.01. The summed E-state index contributed by atoms with van der Waals surface area (Å²) in [4.78, 5) is 25.3. The normalized spacial score (nSPS) is 25.6. The van der Waals surface area contributed by atoms with Crippen LogP contribution in [0.25, 0.3) is 0 Å². The first-order valence-electron chi connectivity index (χ1n) is 6.21. The number of carbonyl (C=O) groups is 2. The monoisotopic (exact) mass is 258 g/mol. The Morgan fingerprint density at radius 3 is 2.37 bits per heavy atom. The molecule has 2 fully saturated rings. The molecule has 0 N–H and O–H groups in total. The maximum Gasteiger partial charge on any atom is 0.237 e. The van der Waals surface area contributed by atoms with Crippen LogP contribution in [-0.2, 0) is 9.59 Å². The second-order valence-electron chi connectivity index (χ2n) is 4.93. The van der Waals surface area contributed by atoms with Gasteiger partial charge in [-0.05, 0) is 31.0 Å². The molecular weight excluding hydrogens is 247 g/mol. The predicted molar refractivity (Wildman–Crippen MR) is 64.4 cm³/mol. The Bertz CT molecular complexity index is 598. The van der Waals surface area contributed by atoms with Crippen molar-refractivity contribution in [3.63, 3.8) is 0 Å². The van der Waals surface area contributed by atoms with Gasteiger partial charge in [-0.25, -0.2) is 9.29 Å². The number of hydrogen-bond acceptors (Lipinski definition) is 3. The summed E-state index contributed by atoms with van der Waals surface area (Å²) in [6.07, 6.45) is 2.27. The van der Waals surface area contributed by atoms with Gasteiger partial charge in [-0.3, -0.25) is 9.59 Å². The fourth-order valence-electron chi connectivity index (χ4n) is 2.99. The highest BCUT2D eigenvalue weighted by Crippen LogP contribution is 2.42. The zero-order chi connectivity index (χ0) is 13.6. The first kappa shape index (κ1) is 11.8. The fraction of sp³-hybridized carbons (Fsp3) is 0.357. The zero-order valence-electron chi connectivity index (χ0n) is 10.1. The molecule has 19 heavy (non-hydrogen) atoms. The Morgan fingerprint density at radius 2 is 1.84 bits per heavy atom. The Morgan fingerprint density at radius 1 is 1.21 bits per heavy atom. The molecule has 1 aromatic rings. The first-order valence-corrected chi connectivity index (χ1v) is 6.21. The molecule has 2 atom stereocenters. The van der Waals surface area contributed by atoms with Crippen LogP contribution in [0.2, 0.25) is 0 Å². The van der Waals surface area contributed by atoms with Crippen molar-refractivity contribution in [3.8, 4) is 6.07 Å². The van der Waals surface area contributed by atoms with E-state index in [1.807, 2.05) is 6.07 Å². The van der Waals surface area contributed by atoms with E-state index in [0.717, 1.165) is 17.4 Å². The molecule has 1 heterocycles. The highest BCUT2D eigenvalue weighted by atomic mass is 19.1. The number of anilines is 1. The molecule has 0 bridgehead atoms. The van der Waals surface area contributed by atoms with Crippen molar-refractivity contribution in [2.75, 3.05) is 4.90 Å². The van der Waals surface area contributed by atoms with Crippen LogP contribution < -0.4 is 4.90 Å². The van der Waals surface area contributed by atoms with Crippen molar-refractivity contribution in [1.82, 2.24) is 0 Å². The van der Waals surface area contributed by atoms with Crippen LogP contribution in [0.15, 0.2) is 18.2 Å². The fourth-order valence-corrected chi connectivity index (χ4v) is 2.99. The van der Waals surface area contributed by atoms with Crippen LogP contribution >= 0.6 is 0 Å². The van der Waals surface area contributed by atoms with E-state index in [2.05, 4.69) is 0 Å². The molecule has 1 aliphatic carbocycles. The zero-order valence-corrected chi connectivity index (χ0v) is 10.1. The summed E-state index contributed by atoms with van der Waals surface area (Å²) in [5.41, 5.74) is 0.129. The number of halogens is 1. The SMILES string of the molecule is N#Cc1ccc(N2C(=O)C3CCCC3C2=O)c(F)c1. The number of nitriles is 1. The molecule has 0 radical (unpaired) electrons. The molecule has 1 saturated carbocycles. The summed E-state index contributed by atoms with van der Waals surface area (Å²) in [5.74, 6) is -1.90. The predicted octanol–water partition coefficient (Wildman–Crippen LogP) is 1.99. The van der Waals surface area contributed by atoms with Gasteiger partial charge in [0, 0.05) is 0 Å². The molecule has 2 aliphatic rings. The summed E-state index contributed by atoms with van der Waals surface area (Å²) in [5, 5.41) is 8.69. The van der Waals surface area contributed by atoms with Crippen molar-refractivity contribution in [2.24, 2.45) is 11.8 Å². The van der Waals surface area contributed by atoms with E-state index in [9.17, 15) is 14.0 Å². The lowest BCUT2D eigenvalue weighted by atomic mass is 10.00. The van der Waals surface area contributed by atoms with Gasteiger partial charge in [0.25, 0.3) is 0 Å². The highest BCUT2D eigenvalue weighted by Gasteiger charge is 2.50. The van der Waals surface area contributed by atoms with Crippen molar-refractivity contribution >= 4 is 17.5 Å². The molecule has 1 saturated heterocycles. The van der Waals surface area contributed by atoms with E-state index in [1.165, 1.54) is 12.1 Å². The van der Waals surface area contributed by atoms with E-state index < -0.39 is 5.82 Å². The van der Waals surface area contributed by atoms with Crippen LogP contribution in [0.5, 0.6) is 0 Å². The minimum Gasteiger partial charge on any atom is -0.274 e. The minimum absolute atomic E-state index is 0.0385. The van der Waals surface area contributed by atoms with Gasteiger partial charge in [-0.2, -0.15) is 5.26 Å². The van der Waals surface area contributed by atoms with E-state index in [-0.39, 0.29) is 34.9 Å². The number of benzene rings is 1. The second-order valence-corrected chi connectivity index (χ2v) is 4.93. The highest BCUT2D eigenvalue weighted by molar-refractivity contribution is 6.22. The van der Waals surface area contributed by atoms with E-state index in [0.29, 0.717) is 12.8 Å². The molecule has 2 unspecified atom stereocenters. The average Bonchev–Trinajstić information content (AvgIpc) is 2.96. The summed E-state index contributed by atoms with van der Waals surface area (Å²) in [7, 11) is 0. The van der Waals surface area contributed by atoms with Crippen LogP contribution in [0.1, 0.15) is 24.8 Å². The molecular formula is C14H11FN2O2. The Kier molecular flexibility index (Phi) is 2.59. The van der Waals surface area contributed by atoms with Gasteiger partial charge in [-0.1, -0.05) is 6.42 Å².